The van der Waals surface area contributed by atoms with Crippen LogP contribution in [0.1, 0.15) is 37.2 Å². The van der Waals surface area contributed by atoms with Crippen molar-refractivity contribution in [2.75, 3.05) is 0 Å². The van der Waals surface area contributed by atoms with Crippen LogP contribution in [0.4, 0.5) is 0 Å². The topological polar surface area (TPSA) is 60.9 Å². The van der Waals surface area contributed by atoms with Crippen LogP contribution in [-0.4, -0.2) is 29.4 Å². The molecule has 2 aliphatic rings. The second kappa shape index (κ2) is 9.69. The van der Waals surface area contributed by atoms with Crippen LogP contribution in [0.15, 0.2) is 115 Å². The van der Waals surface area contributed by atoms with Crippen molar-refractivity contribution in [3.05, 3.63) is 132 Å². The third-order valence-electron chi connectivity index (χ3n) is 9.31. The predicted molar refractivity (Wildman–Crippen MR) is 180 cm³/mol. The van der Waals surface area contributed by atoms with Gasteiger partial charge in [-0.05, 0) is 87.3 Å². The summed E-state index contributed by atoms with van der Waals surface area (Å²) < 4.78 is 3.70. The van der Waals surface area contributed by atoms with Gasteiger partial charge in [-0.2, -0.15) is 0 Å². The highest BCUT2D eigenvalue weighted by Crippen LogP contribution is 2.49. The third kappa shape index (κ3) is 4.17. The molecule has 6 heteroatoms. The first-order chi connectivity index (χ1) is 22.0. The molecule has 0 spiro atoms. The van der Waals surface area contributed by atoms with Gasteiger partial charge in [-0.3, -0.25) is 0 Å². The molecule has 4 heterocycles. The van der Waals surface area contributed by atoms with E-state index < -0.39 is 0 Å². The fourth-order valence-corrected chi connectivity index (χ4v) is 6.90. The summed E-state index contributed by atoms with van der Waals surface area (Å²) in [6.07, 6.45) is 7.93. The molecular formula is C39H30N6. The van der Waals surface area contributed by atoms with Crippen LogP contribution in [-0.2, 0) is 11.8 Å². The zero-order valence-corrected chi connectivity index (χ0v) is 25.1. The number of rotatable bonds is 4. The fourth-order valence-electron chi connectivity index (χ4n) is 6.90. The van der Waals surface area contributed by atoms with Gasteiger partial charge < -0.3 is 0 Å². The highest BCUT2D eigenvalue weighted by atomic mass is 15.3. The Morgan fingerprint density at radius 1 is 0.600 bits per heavy atom. The van der Waals surface area contributed by atoms with Crippen LogP contribution in [0, 0.1) is 0 Å². The molecule has 4 aromatic carbocycles. The summed E-state index contributed by atoms with van der Waals surface area (Å²) in [7, 11) is 0. The van der Waals surface area contributed by atoms with Crippen molar-refractivity contribution in [3.8, 4) is 56.2 Å². The van der Waals surface area contributed by atoms with Gasteiger partial charge in [0.2, 0.25) is 0 Å². The summed E-state index contributed by atoms with van der Waals surface area (Å²) in [5.41, 5.74) is 12.7. The summed E-state index contributed by atoms with van der Waals surface area (Å²) in [5, 5.41) is 9.59. The normalized spacial score (nSPS) is 14.4. The van der Waals surface area contributed by atoms with Gasteiger partial charge in [0.1, 0.15) is 5.82 Å². The van der Waals surface area contributed by atoms with Crippen molar-refractivity contribution in [3.63, 3.8) is 0 Å². The molecule has 0 saturated heterocycles. The first-order valence-corrected chi connectivity index (χ1v) is 15.5. The molecule has 0 fully saturated rings. The lowest BCUT2D eigenvalue weighted by Crippen LogP contribution is -2.14. The molecule has 0 atom stereocenters. The molecule has 0 bridgehead atoms. The maximum absolute atomic E-state index is 4.90. The smallest absolute Gasteiger partial charge is 0.182 e. The molecule has 216 valence electrons. The van der Waals surface area contributed by atoms with Gasteiger partial charge in [0.15, 0.2) is 17.3 Å². The van der Waals surface area contributed by atoms with Gasteiger partial charge in [-0.1, -0.05) is 86.7 Å². The molecule has 1 aliphatic heterocycles. The van der Waals surface area contributed by atoms with E-state index in [0.717, 1.165) is 46.6 Å². The molecule has 6 nitrogen and oxygen atoms in total. The van der Waals surface area contributed by atoms with E-state index in [1.165, 1.54) is 33.4 Å². The Morgan fingerprint density at radius 2 is 1.29 bits per heavy atom. The molecular weight excluding hydrogens is 552 g/mol. The van der Waals surface area contributed by atoms with E-state index in [4.69, 9.17) is 20.2 Å². The largest absolute Gasteiger partial charge is 0.225 e. The number of allylic oxidation sites excluding steroid dienone is 1. The summed E-state index contributed by atoms with van der Waals surface area (Å²) in [6.45, 7) is 4.66. The van der Waals surface area contributed by atoms with Crippen LogP contribution in [0.5, 0.6) is 0 Å². The van der Waals surface area contributed by atoms with Crippen LogP contribution in [0.3, 0.4) is 0 Å². The van der Waals surface area contributed by atoms with Crippen LogP contribution in [0.2, 0.25) is 0 Å². The minimum Gasteiger partial charge on any atom is -0.225 e. The van der Waals surface area contributed by atoms with E-state index in [1.54, 1.807) is 0 Å². The minimum atomic E-state index is -0.0269. The second-order valence-electron chi connectivity index (χ2n) is 12.5. The second-order valence-corrected chi connectivity index (χ2v) is 12.5. The van der Waals surface area contributed by atoms with E-state index in [0.29, 0.717) is 11.6 Å². The van der Waals surface area contributed by atoms with Crippen LogP contribution in [0.25, 0.3) is 68.0 Å². The first-order valence-electron chi connectivity index (χ1n) is 15.5. The van der Waals surface area contributed by atoms with Gasteiger partial charge in [0.25, 0.3) is 0 Å². The van der Waals surface area contributed by atoms with Gasteiger partial charge >= 0.3 is 0 Å². The fraction of sp³-hybridized carbons (Fsp3) is 0.128. The summed E-state index contributed by atoms with van der Waals surface area (Å²) in [4.78, 5) is 9.72. The maximum atomic E-state index is 4.90. The number of fused-ring (bicyclic) bond motifs is 5. The molecule has 0 N–H and O–H groups in total. The Bertz CT molecular complexity index is 2270. The highest BCUT2D eigenvalue weighted by molar-refractivity contribution is 5.84. The molecule has 45 heavy (non-hydrogen) atoms. The van der Waals surface area contributed by atoms with Crippen LogP contribution >= 0.6 is 0 Å². The number of nitrogens with zero attached hydrogens (tertiary/aromatic N) is 6. The van der Waals surface area contributed by atoms with Crippen molar-refractivity contribution in [2.45, 2.75) is 32.1 Å². The Morgan fingerprint density at radius 3 is 2.09 bits per heavy atom. The van der Waals surface area contributed by atoms with Crippen molar-refractivity contribution in [1.29, 1.82) is 0 Å². The van der Waals surface area contributed by atoms with E-state index >= 15 is 0 Å². The lowest BCUT2D eigenvalue weighted by molar-refractivity contribution is 0.660. The number of hydrogen-bond acceptors (Lipinski definition) is 4. The summed E-state index contributed by atoms with van der Waals surface area (Å²) in [6, 6.07) is 36.9. The zero-order valence-electron chi connectivity index (χ0n) is 25.1. The van der Waals surface area contributed by atoms with Gasteiger partial charge in [-0.25, -0.2) is 19.2 Å². The van der Waals surface area contributed by atoms with Crippen molar-refractivity contribution in [2.24, 2.45) is 0 Å². The lowest BCUT2D eigenvalue weighted by Gasteiger charge is -2.22. The maximum Gasteiger partial charge on any atom is 0.182 e. The monoisotopic (exact) mass is 582 g/mol. The minimum absolute atomic E-state index is 0.0269. The Hall–Kier alpha value is -5.62. The molecule has 0 saturated carbocycles. The molecule has 7 aromatic rings. The summed E-state index contributed by atoms with van der Waals surface area (Å²) >= 11 is 0. The van der Waals surface area contributed by atoms with Crippen molar-refractivity contribution in [1.82, 2.24) is 29.4 Å². The van der Waals surface area contributed by atoms with E-state index in [2.05, 4.69) is 105 Å². The first kappa shape index (κ1) is 25.8. The Kier molecular flexibility index (Phi) is 5.57. The average molecular weight is 583 g/mol. The van der Waals surface area contributed by atoms with E-state index in [1.807, 2.05) is 39.8 Å². The van der Waals surface area contributed by atoms with Gasteiger partial charge in [0.05, 0.1) is 0 Å². The van der Waals surface area contributed by atoms with Gasteiger partial charge in [-0.15, -0.1) is 10.2 Å². The SMILES string of the molecule is CC1(C)c2ccccc2-c2ccc(-c3ccc(-c4cc(-c5nc6n(n5)C=CCC6)cc(-c5nc6ccccn6n5)c4)cc3)cc21. The number of benzene rings is 4. The quantitative estimate of drug-likeness (QED) is 0.208. The average Bonchev–Trinajstić information content (AvgIpc) is 3.78. The van der Waals surface area contributed by atoms with E-state index in [9.17, 15) is 0 Å². The molecule has 3 aromatic heterocycles. The van der Waals surface area contributed by atoms with Crippen molar-refractivity contribution < 1.29 is 0 Å². The standard InChI is InChI=1S/C39H30N6/c1-39(2)33-10-4-3-9-31(33)32-18-17-27(24-34(32)39)25-13-15-26(16-14-25)28-21-29(37-40-35-11-5-7-19-44(35)42-37)23-30(22-28)38-41-36-12-6-8-20-45(36)43-38/h3-5,7-11,13-24H,6,12H2,1-2H3. The third-order valence-corrected chi connectivity index (χ3v) is 9.31. The van der Waals surface area contributed by atoms with Gasteiger partial charge in [0, 0.05) is 35.4 Å². The Labute approximate surface area is 261 Å². The number of aromatic nitrogens is 6. The number of pyridine rings is 1. The number of hydrogen-bond donors (Lipinski definition) is 0. The molecule has 0 radical (unpaired) electrons. The lowest BCUT2D eigenvalue weighted by atomic mass is 9.81. The summed E-state index contributed by atoms with van der Waals surface area (Å²) in [5.74, 6) is 2.36. The molecule has 9 rings (SSSR count). The predicted octanol–water partition coefficient (Wildman–Crippen LogP) is 8.71. The number of aryl methyl sites for hydroxylation is 1. The molecule has 1 aliphatic carbocycles. The highest BCUT2D eigenvalue weighted by Gasteiger charge is 2.35. The zero-order chi connectivity index (χ0) is 30.1. The van der Waals surface area contributed by atoms with Crippen LogP contribution < -0.4 is 0 Å². The van der Waals surface area contributed by atoms with Crippen molar-refractivity contribution >= 4 is 11.8 Å². The molecule has 0 unspecified atom stereocenters. The Balaban J connectivity index is 1.12. The molecule has 0 amide bonds. The van der Waals surface area contributed by atoms with E-state index in [-0.39, 0.29) is 5.41 Å².